The van der Waals surface area contributed by atoms with Crippen molar-refractivity contribution < 1.29 is 19.5 Å². The third-order valence-electron chi connectivity index (χ3n) is 7.19. The molecule has 37 heavy (non-hydrogen) atoms. The Hall–Kier alpha value is -3.63. The molecule has 2 aromatic carbocycles. The molecule has 3 aromatic rings. The van der Waals surface area contributed by atoms with E-state index in [9.17, 15) is 19.5 Å². The van der Waals surface area contributed by atoms with Gasteiger partial charge >= 0.3 is 6.03 Å². The van der Waals surface area contributed by atoms with Crippen molar-refractivity contribution in [2.45, 2.75) is 45.1 Å². The number of nitrogens with one attached hydrogen (secondary N) is 1. The van der Waals surface area contributed by atoms with Gasteiger partial charge in [-0.1, -0.05) is 30.3 Å². The Morgan fingerprint density at radius 2 is 1.86 bits per heavy atom. The smallest absolute Gasteiger partial charge is 0.333 e. The predicted molar refractivity (Wildman–Crippen MR) is 142 cm³/mol. The van der Waals surface area contributed by atoms with E-state index in [1.54, 1.807) is 62.5 Å². The normalized spacial score (nSPS) is 22.5. The van der Waals surface area contributed by atoms with Gasteiger partial charge in [-0.3, -0.25) is 9.59 Å². The maximum atomic E-state index is 14.1. The molecule has 2 aliphatic heterocycles. The molecule has 2 N–H and O–H groups in total. The van der Waals surface area contributed by atoms with Crippen LogP contribution in [-0.2, 0) is 22.6 Å². The lowest BCUT2D eigenvalue weighted by molar-refractivity contribution is -0.196. The van der Waals surface area contributed by atoms with Gasteiger partial charge in [0, 0.05) is 31.3 Å². The zero-order chi connectivity index (χ0) is 26.3. The van der Waals surface area contributed by atoms with Crippen molar-refractivity contribution in [3.8, 4) is 5.75 Å². The van der Waals surface area contributed by atoms with Gasteiger partial charge in [-0.15, -0.1) is 11.3 Å². The van der Waals surface area contributed by atoms with Crippen molar-refractivity contribution in [3.63, 3.8) is 0 Å². The summed E-state index contributed by atoms with van der Waals surface area (Å²) in [5.74, 6) is -0.215. The Balaban J connectivity index is 1.57. The second kappa shape index (κ2) is 10.0. The zero-order valence-electron chi connectivity index (χ0n) is 21.1. The van der Waals surface area contributed by atoms with Crippen LogP contribution in [-0.4, -0.2) is 81.2 Å². The summed E-state index contributed by atoms with van der Waals surface area (Å²) in [6.07, 6.45) is -0.385. The highest BCUT2D eigenvalue weighted by Crippen LogP contribution is 2.34. The van der Waals surface area contributed by atoms with Crippen molar-refractivity contribution in [2.75, 3.05) is 20.1 Å². The minimum Gasteiger partial charge on any atom is -0.508 e. The number of nitrogens with zero attached hydrogens (tertiary/aromatic N) is 4. The lowest BCUT2D eigenvalue weighted by Gasteiger charge is -2.57. The van der Waals surface area contributed by atoms with Crippen molar-refractivity contribution >= 4 is 39.3 Å². The van der Waals surface area contributed by atoms with Gasteiger partial charge in [0.1, 0.15) is 18.0 Å². The fourth-order valence-electron chi connectivity index (χ4n) is 5.40. The molecule has 2 aliphatic rings. The summed E-state index contributed by atoms with van der Waals surface area (Å²) >= 11 is 1.64. The largest absolute Gasteiger partial charge is 0.508 e. The van der Waals surface area contributed by atoms with Crippen LogP contribution in [0.15, 0.2) is 53.9 Å². The molecule has 194 valence electrons. The van der Waals surface area contributed by atoms with Gasteiger partial charge in [0.25, 0.3) is 0 Å². The van der Waals surface area contributed by atoms with E-state index in [4.69, 9.17) is 0 Å². The van der Waals surface area contributed by atoms with Gasteiger partial charge in [0.2, 0.25) is 11.8 Å². The Morgan fingerprint density at radius 1 is 1.14 bits per heavy atom. The number of urea groups is 1. The SMILES string of the molecule is CCNC(=O)N1[C@H]2[C@H](C)N(Cc3csc4ccccc34)C(=O)[C@H](Cc3ccc(O)cc3)N2C(=O)CN1C. The molecule has 0 bridgehead atoms. The monoisotopic (exact) mass is 521 g/mol. The first-order chi connectivity index (χ1) is 17.8. The molecule has 3 atom stereocenters. The van der Waals surface area contributed by atoms with Crippen LogP contribution in [0.25, 0.3) is 10.1 Å². The van der Waals surface area contributed by atoms with E-state index in [2.05, 4.69) is 22.8 Å². The molecule has 0 aliphatic carbocycles. The Labute approximate surface area is 219 Å². The lowest BCUT2D eigenvalue weighted by atomic mass is 9.95. The molecule has 2 fully saturated rings. The average molecular weight is 522 g/mol. The van der Waals surface area contributed by atoms with Gasteiger partial charge in [0.05, 0.1) is 12.6 Å². The zero-order valence-corrected chi connectivity index (χ0v) is 21.9. The number of hydrogen-bond donors (Lipinski definition) is 2. The van der Waals surface area contributed by atoms with Crippen molar-refractivity contribution in [2.24, 2.45) is 0 Å². The molecule has 4 amide bonds. The highest BCUT2D eigenvalue weighted by atomic mass is 32.1. The van der Waals surface area contributed by atoms with Crippen LogP contribution in [0.1, 0.15) is 25.0 Å². The predicted octanol–water partition coefficient (Wildman–Crippen LogP) is 3.00. The van der Waals surface area contributed by atoms with Crippen LogP contribution in [0, 0.1) is 0 Å². The van der Waals surface area contributed by atoms with Gasteiger partial charge in [-0.25, -0.2) is 14.8 Å². The minimum absolute atomic E-state index is 0.00508. The standard InChI is InChI=1S/C27H31N5O4S/c1-4-28-27(36)32-25-17(2)30(14-19-16-37-23-8-6-5-7-21(19)23)26(35)22(31(25)24(34)15-29(32)3)13-18-9-11-20(33)12-10-18/h5-12,16-17,22,25,33H,4,13-15H2,1-3H3,(H,28,36)/t17-,22-,25-/m0/s1. The summed E-state index contributed by atoms with van der Waals surface area (Å²) < 4.78 is 1.15. The molecule has 10 heteroatoms. The van der Waals surface area contributed by atoms with Crippen molar-refractivity contribution in [3.05, 3.63) is 65.0 Å². The summed E-state index contributed by atoms with van der Waals surface area (Å²) in [7, 11) is 1.72. The molecule has 0 saturated carbocycles. The van der Waals surface area contributed by atoms with Crippen LogP contribution >= 0.6 is 11.3 Å². The van der Waals surface area contributed by atoms with Crippen LogP contribution in [0.2, 0.25) is 0 Å². The van der Waals surface area contributed by atoms with Gasteiger partial charge < -0.3 is 20.2 Å². The summed E-state index contributed by atoms with van der Waals surface area (Å²) in [4.78, 5) is 44.1. The first-order valence-corrected chi connectivity index (χ1v) is 13.3. The second-order valence-electron chi connectivity index (χ2n) is 9.56. The molecule has 2 saturated heterocycles. The topological polar surface area (TPSA) is 96.4 Å². The number of hydrazine groups is 1. The first kappa shape index (κ1) is 25.0. The highest BCUT2D eigenvalue weighted by Gasteiger charge is 2.54. The number of hydrogen-bond acceptors (Lipinski definition) is 6. The van der Waals surface area contributed by atoms with Crippen LogP contribution in [0.3, 0.4) is 0 Å². The third kappa shape index (κ3) is 4.51. The number of carbonyl (C=O) groups excluding carboxylic acids is 3. The van der Waals surface area contributed by atoms with Gasteiger partial charge in [0.15, 0.2) is 0 Å². The minimum atomic E-state index is -0.784. The quantitative estimate of drug-likeness (QED) is 0.538. The number of aromatic hydroxyl groups is 1. The Kier molecular flexibility index (Phi) is 6.78. The number of rotatable bonds is 5. The van der Waals surface area contributed by atoms with Gasteiger partial charge in [-0.05, 0) is 53.9 Å². The van der Waals surface area contributed by atoms with E-state index >= 15 is 0 Å². The van der Waals surface area contributed by atoms with Gasteiger partial charge in [-0.2, -0.15) is 0 Å². The molecule has 1 aromatic heterocycles. The average Bonchev–Trinajstić information content (AvgIpc) is 3.28. The number of phenols is 1. The van der Waals surface area contributed by atoms with E-state index in [0.29, 0.717) is 13.1 Å². The number of thiophene rings is 1. The van der Waals surface area contributed by atoms with Crippen LogP contribution in [0.4, 0.5) is 4.79 Å². The Morgan fingerprint density at radius 3 is 2.59 bits per heavy atom. The number of amides is 4. The molecule has 0 radical (unpaired) electrons. The summed E-state index contributed by atoms with van der Waals surface area (Å²) in [5.41, 5.74) is 1.86. The molecule has 0 unspecified atom stereocenters. The fraction of sp³-hybridized carbons (Fsp3) is 0.370. The molecule has 5 rings (SSSR count). The highest BCUT2D eigenvalue weighted by molar-refractivity contribution is 7.17. The van der Waals surface area contributed by atoms with E-state index < -0.39 is 18.2 Å². The molecular weight excluding hydrogens is 490 g/mol. The van der Waals surface area contributed by atoms with E-state index in [1.807, 2.05) is 26.0 Å². The summed E-state index contributed by atoms with van der Waals surface area (Å²) in [5, 5.41) is 19.0. The van der Waals surface area contributed by atoms with E-state index in [1.165, 1.54) is 0 Å². The fourth-order valence-corrected chi connectivity index (χ4v) is 6.35. The molecular formula is C27H31N5O4S. The number of benzene rings is 2. The third-order valence-corrected chi connectivity index (χ3v) is 8.20. The molecule has 9 nitrogen and oxygen atoms in total. The van der Waals surface area contributed by atoms with Crippen molar-refractivity contribution in [1.82, 2.24) is 25.1 Å². The maximum absolute atomic E-state index is 14.1. The lowest BCUT2D eigenvalue weighted by Crippen LogP contribution is -2.78. The first-order valence-electron chi connectivity index (χ1n) is 12.4. The summed E-state index contributed by atoms with van der Waals surface area (Å²) in [6.45, 7) is 4.56. The summed E-state index contributed by atoms with van der Waals surface area (Å²) in [6, 6.07) is 13.2. The number of piperazine rings is 1. The second-order valence-corrected chi connectivity index (χ2v) is 10.5. The number of fused-ring (bicyclic) bond motifs is 2. The van der Waals surface area contributed by atoms with Crippen LogP contribution in [0.5, 0.6) is 5.75 Å². The number of carbonyl (C=O) groups is 3. The van der Waals surface area contributed by atoms with Crippen LogP contribution < -0.4 is 5.32 Å². The Bertz CT molecular complexity index is 1330. The number of phenolic OH excluding ortho intramolecular Hbond substituents is 1. The van der Waals surface area contributed by atoms with E-state index in [-0.39, 0.29) is 36.6 Å². The molecule has 0 spiro atoms. The van der Waals surface area contributed by atoms with E-state index in [0.717, 1.165) is 21.2 Å². The van der Waals surface area contributed by atoms with Crippen molar-refractivity contribution in [1.29, 1.82) is 0 Å². The maximum Gasteiger partial charge on any atom is 0.333 e. The number of likely N-dealkylation sites (N-methyl/N-ethyl adjacent to an activating group) is 1. The molecule has 3 heterocycles.